The summed E-state index contributed by atoms with van der Waals surface area (Å²) in [6, 6.07) is 6.28. The van der Waals surface area contributed by atoms with Gasteiger partial charge < -0.3 is 5.73 Å². The first kappa shape index (κ1) is 11.2. The fraction of sp³-hybridized carbons (Fsp3) is 0.125. The summed E-state index contributed by atoms with van der Waals surface area (Å²) in [7, 11) is -3.61. The summed E-state index contributed by atoms with van der Waals surface area (Å²) in [5, 5.41) is 0. The number of amides is 1. The molecule has 14 heavy (non-hydrogen) atoms. The summed E-state index contributed by atoms with van der Waals surface area (Å²) in [5.74, 6) is -1.53. The number of hydrogen-bond donors (Lipinski definition) is 1. The first-order chi connectivity index (χ1) is 6.43. The topological polar surface area (TPSA) is 77.2 Å². The van der Waals surface area contributed by atoms with Crippen molar-refractivity contribution >= 4 is 31.7 Å². The van der Waals surface area contributed by atoms with Crippen LogP contribution in [0.4, 0.5) is 0 Å². The molecule has 0 atom stereocenters. The zero-order chi connectivity index (χ0) is 10.8. The van der Waals surface area contributed by atoms with Crippen LogP contribution in [0.5, 0.6) is 0 Å². The summed E-state index contributed by atoms with van der Waals surface area (Å²) < 4.78 is 23.5. The van der Waals surface area contributed by atoms with Crippen molar-refractivity contribution in [3.8, 4) is 0 Å². The van der Waals surface area contributed by atoms with Crippen molar-refractivity contribution in [1.82, 2.24) is 0 Å². The Morgan fingerprint density at radius 3 is 2.43 bits per heavy atom. The first-order valence-electron chi connectivity index (χ1n) is 3.69. The van der Waals surface area contributed by atoms with Gasteiger partial charge in [0.1, 0.15) is 5.75 Å². The van der Waals surface area contributed by atoms with Crippen molar-refractivity contribution in [2.45, 2.75) is 4.90 Å². The second-order valence-corrected chi connectivity index (χ2v) is 5.47. The number of nitrogens with two attached hydrogens (primary N) is 1. The molecule has 2 N–H and O–H groups in total. The van der Waals surface area contributed by atoms with Crippen molar-refractivity contribution in [1.29, 1.82) is 0 Å². The van der Waals surface area contributed by atoms with Crippen molar-refractivity contribution < 1.29 is 13.2 Å². The Bertz CT molecular complexity index is 455. The Hall–Kier alpha value is -0.880. The molecule has 76 valence electrons. The van der Waals surface area contributed by atoms with E-state index in [9.17, 15) is 13.2 Å². The van der Waals surface area contributed by atoms with Gasteiger partial charge in [0, 0.05) is 4.47 Å². The van der Waals surface area contributed by atoms with E-state index >= 15 is 0 Å². The van der Waals surface area contributed by atoms with Crippen LogP contribution in [0.2, 0.25) is 0 Å². The van der Waals surface area contributed by atoms with Gasteiger partial charge in [-0.1, -0.05) is 12.1 Å². The Morgan fingerprint density at radius 1 is 1.36 bits per heavy atom. The van der Waals surface area contributed by atoms with Gasteiger partial charge in [0.05, 0.1) is 4.90 Å². The van der Waals surface area contributed by atoms with Crippen LogP contribution < -0.4 is 5.73 Å². The van der Waals surface area contributed by atoms with Crippen molar-refractivity contribution in [2.75, 3.05) is 5.75 Å². The van der Waals surface area contributed by atoms with Crippen LogP contribution in [0.3, 0.4) is 0 Å². The highest BCUT2D eigenvalue weighted by Crippen LogP contribution is 2.21. The molecule has 0 aromatic heterocycles. The lowest BCUT2D eigenvalue weighted by molar-refractivity contribution is -0.115. The molecule has 0 spiro atoms. The third kappa shape index (κ3) is 2.55. The number of sulfone groups is 1. The standard InChI is InChI=1S/C8H8BrNO3S/c9-6-3-1-2-4-7(6)14(12,13)5-8(10)11/h1-4H,5H2,(H2,10,11). The number of halogens is 1. The molecule has 6 heteroatoms. The minimum Gasteiger partial charge on any atom is -0.369 e. The van der Waals surface area contributed by atoms with E-state index in [4.69, 9.17) is 5.73 Å². The molecular formula is C8H8BrNO3S. The monoisotopic (exact) mass is 277 g/mol. The van der Waals surface area contributed by atoms with Crippen molar-refractivity contribution in [2.24, 2.45) is 5.73 Å². The van der Waals surface area contributed by atoms with Gasteiger partial charge in [-0.2, -0.15) is 0 Å². The average Bonchev–Trinajstić information content (AvgIpc) is 2.02. The summed E-state index contributed by atoms with van der Waals surface area (Å²) in [6.07, 6.45) is 0. The van der Waals surface area contributed by atoms with Crippen LogP contribution in [-0.4, -0.2) is 20.1 Å². The number of hydrogen-bond acceptors (Lipinski definition) is 3. The molecule has 1 aromatic rings. The van der Waals surface area contributed by atoms with E-state index in [-0.39, 0.29) is 4.90 Å². The lowest BCUT2D eigenvalue weighted by Gasteiger charge is -2.03. The Kier molecular flexibility index (Phi) is 3.28. The largest absolute Gasteiger partial charge is 0.369 e. The molecule has 0 aliphatic carbocycles. The maximum Gasteiger partial charge on any atom is 0.233 e. The molecule has 0 aliphatic heterocycles. The van der Waals surface area contributed by atoms with Gasteiger partial charge in [0.25, 0.3) is 0 Å². The maximum atomic E-state index is 11.5. The van der Waals surface area contributed by atoms with Crippen LogP contribution in [0.1, 0.15) is 0 Å². The van der Waals surface area contributed by atoms with Crippen LogP contribution in [0.25, 0.3) is 0 Å². The second kappa shape index (κ2) is 4.10. The molecule has 1 rings (SSSR count). The van der Waals surface area contributed by atoms with Gasteiger partial charge in [-0.25, -0.2) is 8.42 Å². The van der Waals surface area contributed by atoms with Gasteiger partial charge in [-0.3, -0.25) is 4.79 Å². The predicted octanol–water partition coefficient (Wildman–Crippen LogP) is 0.708. The molecule has 0 saturated heterocycles. The van der Waals surface area contributed by atoms with Crippen LogP contribution in [0, 0.1) is 0 Å². The molecule has 0 unspecified atom stereocenters. The number of carbonyl (C=O) groups excluding carboxylic acids is 1. The predicted molar refractivity (Wildman–Crippen MR) is 55.4 cm³/mol. The minimum atomic E-state index is -3.61. The number of rotatable bonds is 3. The maximum absolute atomic E-state index is 11.5. The van der Waals surface area contributed by atoms with Crippen LogP contribution in [0.15, 0.2) is 33.6 Å². The summed E-state index contributed by atoms with van der Waals surface area (Å²) in [4.78, 5) is 10.6. The van der Waals surface area contributed by atoms with Gasteiger partial charge in [-0.15, -0.1) is 0 Å². The summed E-state index contributed by atoms with van der Waals surface area (Å²) >= 11 is 3.09. The van der Waals surface area contributed by atoms with Gasteiger partial charge >= 0.3 is 0 Å². The lowest BCUT2D eigenvalue weighted by Crippen LogP contribution is -2.23. The Labute approximate surface area is 90.2 Å². The molecule has 0 aliphatic rings. The molecular weight excluding hydrogens is 270 g/mol. The molecule has 0 heterocycles. The van der Waals surface area contributed by atoms with E-state index in [0.717, 1.165) is 0 Å². The quantitative estimate of drug-likeness (QED) is 0.884. The number of carbonyl (C=O) groups is 1. The molecule has 1 aromatic carbocycles. The van der Waals surface area contributed by atoms with Gasteiger partial charge in [0.2, 0.25) is 5.91 Å². The summed E-state index contributed by atoms with van der Waals surface area (Å²) in [6.45, 7) is 0. The molecule has 0 saturated carbocycles. The second-order valence-electron chi connectivity index (χ2n) is 2.66. The number of primary amides is 1. The highest BCUT2D eigenvalue weighted by Gasteiger charge is 2.19. The highest BCUT2D eigenvalue weighted by molar-refractivity contribution is 9.10. The fourth-order valence-corrected chi connectivity index (χ4v) is 3.17. The summed E-state index contributed by atoms with van der Waals surface area (Å²) in [5.41, 5.74) is 4.83. The normalized spacial score (nSPS) is 11.2. The fourth-order valence-electron chi connectivity index (χ4n) is 0.962. The van der Waals surface area contributed by atoms with E-state index in [1.807, 2.05) is 0 Å². The zero-order valence-corrected chi connectivity index (χ0v) is 9.51. The highest BCUT2D eigenvalue weighted by atomic mass is 79.9. The first-order valence-corrected chi connectivity index (χ1v) is 6.13. The van der Waals surface area contributed by atoms with Crippen molar-refractivity contribution in [3.05, 3.63) is 28.7 Å². The lowest BCUT2D eigenvalue weighted by atomic mass is 10.4. The number of benzene rings is 1. The third-order valence-electron chi connectivity index (χ3n) is 1.50. The average molecular weight is 278 g/mol. The van der Waals surface area contributed by atoms with Gasteiger partial charge in [-0.05, 0) is 28.1 Å². The molecule has 4 nitrogen and oxygen atoms in total. The van der Waals surface area contributed by atoms with Crippen LogP contribution >= 0.6 is 15.9 Å². The SMILES string of the molecule is NC(=O)CS(=O)(=O)c1ccccc1Br. The third-order valence-corrected chi connectivity index (χ3v) is 4.15. The zero-order valence-electron chi connectivity index (χ0n) is 7.10. The molecule has 0 fully saturated rings. The van der Waals surface area contributed by atoms with E-state index < -0.39 is 21.5 Å². The van der Waals surface area contributed by atoms with E-state index in [1.165, 1.54) is 6.07 Å². The van der Waals surface area contributed by atoms with Crippen molar-refractivity contribution in [3.63, 3.8) is 0 Å². The smallest absolute Gasteiger partial charge is 0.233 e. The minimum absolute atomic E-state index is 0.0822. The van der Waals surface area contributed by atoms with E-state index in [0.29, 0.717) is 4.47 Å². The molecule has 1 amide bonds. The Balaban J connectivity index is 3.17. The molecule has 0 bridgehead atoms. The van der Waals surface area contributed by atoms with Gasteiger partial charge in [0.15, 0.2) is 9.84 Å². The van der Waals surface area contributed by atoms with Crippen LogP contribution in [-0.2, 0) is 14.6 Å². The Morgan fingerprint density at radius 2 is 1.93 bits per heavy atom. The van der Waals surface area contributed by atoms with E-state index in [2.05, 4.69) is 15.9 Å². The molecule has 0 radical (unpaired) electrons. The van der Waals surface area contributed by atoms with E-state index in [1.54, 1.807) is 18.2 Å².